The van der Waals surface area contributed by atoms with E-state index in [1.54, 1.807) is 4.90 Å². The largest absolute Gasteiger partial charge is 0.394 e. The predicted octanol–water partition coefficient (Wildman–Crippen LogP) is 1.60. The average Bonchev–Trinajstić information content (AvgIpc) is 3.37. The molecular weight excluding hydrogens is 368 g/mol. The molecule has 1 fully saturated rings. The lowest BCUT2D eigenvalue weighted by atomic mass is 9.92. The smallest absolute Gasteiger partial charge is 0.243 e. The van der Waals surface area contributed by atoms with Gasteiger partial charge in [-0.3, -0.25) is 14.3 Å². The average molecular weight is 396 g/mol. The molecule has 2 N–H and O–H groups in total. The number of nitrogens with zero attached hydrogens (tertiary/aromatic N) is 3. The summed E-state index contributed by atoms with van der Waals surface area (Å²) in [5, 5.41) is 16.8. The third-order valence-electron chi connectivity index (χ3n) is 5.97. The summed E-state index contributed by atoms with van der Waals surface area (Å²) in [7, 11) is 0. The van der Waals surface area contributed by atoms with Crippen molar-refractivity contribution in [3.8, 4) is 0 Å². The minimum Gasteiger partial charge on any atom is -0.394 e. The summed E-state index contributed by atoms with van der Waals surface area (Å²) in [6.07, 6.45) is 6.43. The lowest BCUT2D eigenvalue weighted by Gasteiger charge is -2.28. The summed E-state index contributed by atoms with van der Waals surface area (Å²) in [5.74, 6) is -0.0642. The van der Waals surface area contributed by atoms with Crippen LogP contribution in [0.15, 0.2) is 36.5 Å². The van der Waals surface area contributed by atoms with Crippen LogP contribution in [-0.4, -0.2) is 50.8 Å². The minimum atomic E-state index is -0.399. The Kier molecular flexibility index (Phi) is 5.94. The monoisotopic (exact) mass is 396 g/mol. The second-order valence-corrected chi connectivity index (χ2v) is 7.85. The first kappa shape index (κ1) is 19.6. The van der Waals surface area contributed by atoms with Crippen LogP contribution in [0.1, 0.15) is 48.5 Å². The summed E-state index contributed by atoms with van der Waals surface area (Å²) in [5.41, 5.74) is 3.11. The molecule has 29 heavy (non-hydrogen) atoms. The predicted molar refractivity (Wildman–Crippen MR) is 108 cm³/mol. The quantitative estimate of drug-likeness (QED) is 0.777. The number of carbonyl (C=O) groups excluding carboxylic acids is 2. The van der Waals surface area contributed by atoms with Gasteiger partial charge >= 0.3 is 0 Å². The van der Waals surface area contributed by atoms with Crippen molar-refractivity contribution >= 4 is 11.8 Å². The van der Waals surface area contributed by atoms with Crippen LogP contribution in [0.3, 0.4) is 0 Å². The third kappa shape index (κ3) is 4.19. The Morgan fingerprint density at radius 3 is 2.79 bits per heavy atom. The number of likely N-dealkylation sites (tertiary alicyclic amines) is 1. The van der Waals surface area contributed by atoms with Gasteiger partial charge in [-0.05, 0) is 37.7 Å². The number of fused-ring (bicyclic) bond motifs is 1. The van der Waals surface area contributed by atoms with E-state index in [-0.39, 0.29) is 24.5 Å². The van der Waals surface area contributed by atoms with E-state index in [9.17, 15) is 14.7 Å². The summed E-state index contributed by atoms with van der Waals surface area (Å²) < 4.78 is 1.83. The van der Waals surface area contributed by atoms with Crippen molar-refractivity contribution in [1.29, 1.82) is 0 Å². The van der Waals surface area contributed by atoms with Crippen molar-refractivity contribution in [1.82, 2.24) is 20.0 Å². The van der Waals surface area contributed by atoms with E-state index in [1.165, 1.54) is 0 Å². The normalized spacial score (nSPS) is 21.1. The van der Waals surface area contributed by atoms with Crippen LogP contribution in [0, 0.1) is 0 Å². The zero-order valence-corrected chi connectivity index (χ0v) is 16.6. The number of hydrogen-bond acceptors (Lipinski definition) is 4. The Bertz CT molecular complexity index is 864. The lowest BCUT2D eigenvalue weighted by molar-refractivity contribution is -0.138. The molecule has 0 bridgehead atoms. The number of aliphatic hydroxyl groups is 1. The fourth-order valence-corrected chi connectivity index (χ4v) is 4.53. The Morgan fingerprint density at radius 2 is 2.00 bits per heavy atom. The SMILES string of the molecule is O=C(NC1CCCc2c1cnn2CCO)C1CCCN1C(=O)Cc1ccccc1. The highest BCUT2D eigenvalue weighted by atomic mass is 16.3. The first-order valence-electron chi connectivity index (χ1n) is 10.5. The number of rotatable bonds is 6. The maximum Gasteiger partial charge on any atom is 0.243 e. The summed E-state index contributed by atoms with van der Waals surface area (Å²) in [4.78, 5) is 27.6. The first-order valence-corrected chi connectivity index (χ1v) is 10.5. The van der Waals surface area contributed by atoms with Gasteiger partial charge in [0.2, 0.25) is 11.8 Å². The summed E-state index contributed by atoms with van der Waals surface area (Å²) in [6.45, 7) is 1.15. The van der Waals surface area contributed by atoms with E-state index < -0.39 is 6.04 Å². The van der Waals surface area contributed by atoms with Crippen molar-refractivity contribution in [2.24, 2.45) is 0 Å². The van der Waals surface area contributed by atoms with Gasteiger partial charge in [0.1, 0.15) is 6.04 Å². The standard InChI is InChI=1S/C22H28N4O3/c27-13-12-26-19-9-4-8-18(17(19)15-23-26)24-22(29)20-10-5-11-25(20)21(28)14-16-6-2-1-3-7-16/h1-3,6-7,15,18,20,27H,4-5,8-14H2,(H,24,29). The molecule has 2 atom stereocenters. The maximum absolute atomic E-state index is 13.1. The topological polar surface area (TPSA) is 87.5 Å². The van der Waals surface area contributed by atoms with Crippen LogP contribution in [0.25, 0.3) is 0 Å². The molecule has 2 unspecified atom stereocenters. The Morgan fingerprint density at radius 1 is 1.17 bits per heavy atom. The van der Waals surface area contributed by atoms with Crippen LogP contribution in [0.4, 0.5) is 0 Å². The molecule has 1 aromatic heterocycles. The van der Waals surface area contributed by atoms with Crippen LogP contribution in [-0.2, 0) is 29.0 Å². The van der Waals surface area contributed by atoms with Gasteiger partial charge in [-0.25, -0.2) is 0 Å². The van der Waals surface area contributed by atoms with Gasteiger partial charge in [0, 0.05) is 17.8 Å². The lowest BCUT2D eigenvalue weighted by Crippen LogP contribution is -2.47. The molecule has 1 aromatic carbocycles. The van der Waals surface area contributed by atoms with Gasteiger partial charge < -0.3 is 15.3 Å². The molecule has 0 radical (unpaired) electrons. The van der Waals surface area contributed by atoms with Crippen LogP contribution >= 0.6 is 0 Å². The van der Waals surface area contributed by atoms with E-state index in [0.29, 0.717) is 25.9 Å². The Labute approximate surface area is 170 Å². The number of aliphatic hydroxyl groups excluding tert-OH is 1. The van der Waals surface area contributed by atoms with E-state index in [1.807, 2.05) is 41.2 Å². The third-order valence-corrected chi connectivity index (χ3v) is 5.97. The number of carbonyl (C=O) groups is 2. The molecule has 1 aliphatic carbocycles. The molecule has 2 aromatic rings. The van der Waals surface area contributed by atoms with Crippen molar-refractivity contribution in [3.05, 3.63) is 53.3 Å². The van der Waals surface area contributed by atoms with Crippen LogP contribution in [0.2, 0.25) is 0 Å². The molecular formula is C22H28N4O3. The summed E-state index contributed by atoms with van der Waals surface area (Å²) in [6, 6.07) is 9.19. The van der Waals surface area contributed by atoms with Gasteiger partial charge in [-0.1, -0.05) is 30.3 Å². The second kappa shape index (κ2) is 8.78. The first-order chi connectivity index (χ1) is 14.2. The van der Waals surface area contributed by atoms with Gasteiger partial charge in [-0.2, -0.15) is 5.10 Å². The zero-order chi connectivity index (χ0) is 20.2. The maximum atomic E-state index is 13.1. The zero-order valence-electron chi connectivity index (χ0n) is 16.6. The molecule has 2 amide bonds. The molecule has 2 aliphatic rings. The number of benzene rings is 1. The van der Waals surface area contributed by atoms with E-state index in [2.05, 4.69) is 10.4 Å². The van der Waals surface area contributed by atoms with Crippen molar-refractivity contribution < 1.29 is 14.7 Å². The molecule has 1 aliphatic heterocycles. The van der Waals surface area contributed by atoms with Crippen molar-refractivity contribution in [3.63, 3.8) is 0 Å². The van der Waals surface area contributed by atoms with Gasteiger partial charge in [0.05, 0.1) is 31.8 Å². The van der Waals surface area contributed by atoms with E-state index in [0.717, 1.165) is 42.5 Å². The summed E-state index contributed by atoms with van der Waals surface area (Å²) >= 11 is 0. The molecule has 7 heteroatoms. The number of amides is 2. The number of nitrogens with one attached hydrogen (secondary N) is 1. The molecule has 1 saturated heterocycles. The highest BCUT2D eigenvalue weighted by Crippen LogP contribution is 2.30. The Balaban J connectivity index is 1.42. The molecule has 2 heterocycles. The van der Waals surface area contributed by atoms with Gasteiger partial charge in [0.25, 0.3) is 0 Å². The van der Waals surface area contributed by atoms with E-state index in [4.69, 9.17) is 0 Å². The second-order valence-electron chi connectivity index (χ2n) is 7.85. The van der Waals surface area contributed by atoms with Gasteiger partial charge in [-0.15, -0.1) is 0 Å². The number of hydrogen-bond donors (Lipinski definition) is 2. The highest BCUT2D eigenvalue weighted by Gasteiger charge is 2.36. The molecule has 0 spiro atoms. The van der Waals surface area contributed by atoms with E-state index >= 15 is 0 Å². The number of aromatic nitrogens is 2. The molecule has 0 saturated carbocycles. The fourth-order valence-electron chi connectivity index (χ4n) is 4.53. The van der Waals surface area contributed by atoms with Gasteiger partial charge in [0.15, 0.2) is 0 Å². The van der Waals surface area contributed by atoms with Crippen molar-refractivity contribution in [2.75, 3.05) is 13.2 Å². The van der Waals surface area contributed by atoms with Crippen LogP contribution in [0.5, 0.6) is 0 Å². The Hall–Kier alpha value is -2.67. The minimum absolute atomic E-state index is 0.00829. The fraction of sp³-hybridized carbons (Fsp3) is 0.500. The molecule has 154 valence electrons. The van der Waals surface area contributed by atoms with Crippen molar-refractivity contribution in [2.45, 2.75) is 57.2 Å². The molecule has 7 nitrogen and oxygen atoms in total. The van der Waals surface area contributed by atoms with Crippen LogP contribution < -0.4 is 5.32 Å². The highest BCUT2D eigenvalue weighted by molar-refractivity contribution is 5.89. The molecule has 4 rings (SSSR count).